The molecule has 0 saturated carbocycles. The van der Waals surface area contributed by atoms with Gasteiger partial charge in [-0.2, -0.15) is 0 Å². The first kappa shape index (κ1) is 9.11. The number of aromatic nitrogens is 1. The van der Waals surface area contributed by atoms with Crippen LogP contribution in [0.4, 0.5) is 0 Å². The van der Waals surface area contributed by atoms with Gasteiger partial charge in [-0.3, -0.25) is 0 Å². The van der Waals surface area contributed by atoms with Crippen molar-refractivity contribution in [3.05, 3.63) is 30.6 Å². The number of allylic oxidation sites excluding steroid dienone is 1. The second-order valence-corrected chi connectivity index (χ2v) is 4.26. The van der Waals surface area contributed by atoms with Gasteiger partial charge < -0.3 is 4.57 Å². The van der Waals surface area contributed by atoms with Crippen LogP contribution in [0.3, 0.4) is 0 Å². The first-order valence-electron chi connectivity index (χ1n) is 4.25. The minimum Gasteiger partial charge on any atom is -0.348 e. The molecule has 0 aliphatic heterocycles. The molecule has 1 nitrogen and oxygen atoms in total. The lowest BCUT2D eigenvalue weighted by molar-refractivity contribution is 0.398. The van der Waals surface area contributed by atoms with Gasteiger partial charge in [0, 0.05) is 17.9 Å². The zero-order valence-corrected chi connectivity index (χ0v) is 8.39. The zero-order chi connectivity index (χ0) is 9.35. The zero-order valence-electron chi connectivity index (χ0n) is 8.39. The number of hydrogen-bond donors (Lipinski definition) is 0. The van der Waals surface area contributed by atoms with Gasteiger partial charge in [0.25, 0.3) is 0 Å². The average Bonchev–Trinajstić information content (AvgIpc) is 2.30. The molecular weight excluding hydrogens is 146 g/mol. The SMILES string of the molecule is C=C(C)c1ccn(C(C)(C)C)c1. The Balaban J connectivity index is 3.00. The second kappa shape index (κ2) is 2.81. The summed E-state index contributed by atoms with van der Waals surface area (Å²) in [4.78, 5) is 0. The summed E-state index contributed by atoms with van der Waals surface area (Å²) < 4.78 is 2.21. The molecule has 12 heavy (non-hydrogen) atoms. The van der Waals surface area contributed by atoms with Crippen LogP contribution in [-0.2, 0) is 5.54 Å². The third-order valence-electron chi connectivity index (χ3n) is 1.96. The molecule has 66 valence electrons. The highest BCUT2D eigenvalue weighted by molar-refractivity contribution is 5.60. The first-order valence-corrected chi connectivity index (χ1v) is 4.25. The summed E-state index contributed by atoms with van der Waals surface area (Å²) in [5.74, 6) is 0. The van der Waals surface area contributed by atoms with Crippen LogP contribution in [0.15, 0.2) is 25.0 Å². The van der Waals surface area contributed by atoms with Crippen LogP contribution in [-0.4, -0.2) is 4.57 Å². The lowest BCUT2D eigenvalue weighted by Crippen LogP contribution is -2.19. The number of nitrogens with zero attached hydrogens (tertiary/aromatic N) is 1. The van der Waals surface area contributed by atoms with Crippen LogP contribution in [0, 0.1) is 0 Å². The van der Waals surface area contributed by atoms with Gasteiger partial charge in [0.15, 0.2) is 0 Å². The Kier molecular flexibility index (Phi) is 2.14. The number of hydrogen-bond acceptors (Lipinski definition) is 0. The maximum absolute atomic E-state index is 3.91. The Morgan fingerprint density at radius 1 is 1.42 bits per heavy atom. The molecule has 0 aliphatic carbocycles. The molecule has 1 aromatic rings. The van der Waals surface area contributed by atoms with E-state index < -0.39 is 0 Å². The van der Waals surface area contributed by atoms with E-state index in [4.69, 9.17) is 0 Å². The molecule has 0 amide bonds. The van der Waals surface area contributed by atoms with Crippen LogP contribution in [0.2, 0.25) is 0 Å². The molecule has 0 bridgehead atoms. The van der Waals surface area contributed by atoms with Crippen molar-refractivity contribution in [2.24, 2.45) is 0 Å². The first-order chi connectivity index (χ1) is 5.41. The molecule has 0 atom stereocenters. The van der Waals surface area contributed by atoms with Gasteiger partial charge >= 0.3 is 0 Å². The summed E-state index contributed by atoms with van der Waals surface area (Å²) in [5.41, 5.74) is 2.52. The van der Waals surface area contributed by atoms with E-state index in [1.807, 2.05) is 6.92 Å². The van der Waals surface area contributed by atoms with Gasteiger partial charge in [0.05, 0.1) is 0 Å². The Bertz CT molecular complexity index is 286. The van der Waals surface area contributed by atoms with Crippen LogP contribution in [0.25, 0.3) is 5.57 Å². The average molecular weight is 163 g/mol. The molecule has 1 heteroatoms. The lowest BCUT2D eigenvalue weighted by atomic mass is 10.1. The topological polar surface area (TPSA) is 4.93 Å². The van der Waals surface area contributed by atoms with Crippen LogP contribution >= 0.6 is 0 Å². The smallest absolute Gasteiger partial charge is 0.0355 e. The third-order valence-corrected chi connectivity index (χ3v) is 1.96. The summed E-state index contributed by atoms with van der Waals surface area (Å²) in [6, 6.07) is 2.10. The fraction of sp³-hybridized carbons (Fsp3) is 0.455. The van der Waals surface area contributed by atoms with Crippen molar-refractivity contribution in [2.45, 2.75) is 33.2 Å². The molecule has 0 N–H and O–H groups in total. The van der Waals surface area contributed by atoms with E-state index in [9.17, 15) is 0 Å². The minimum absolute atomic E-state index is 0.174. The molecule has 0 aliphatic rings. The van der Waals surface area contributed by atoms with Crippen molar-refractivity contribution < 1.29 is 0 Å². The van der Waals surface area contributed by atoms with Crippen molar-refractivity contribution >= 4 is 5.57 Å². The maximum atomic E-state index is 3.91. The molecule has 0 fully saturated rings. The van der Waals surface area contributed by atoms with Crippen molar-refractivity contribution in [1.82, 2.24) is 4.57 Å². The molecular formula is C11H17N. The standard InChI is InChI=1S/C11H17N/c1-9(2)10-6-7-12(8-10)11(3,4)5/h6-8H,1H2,2-5H3. The van der Waals surface area contributed by atoms with E-state index in [1.165, 1.54) is 5.56 Å². The third kappa shape index (κ3) is 1.79. The second-order valence-electron chi connectivity index (χ2n) is 4.26. The van der Waals surface area contributed by atoms with Gasteiger partial charge in [-0.25, -0.2) is 0 Å². The molecule has 0 radical (unpaired) electrons. The highest BCUT2D eigenvalue weighted by atomic mass is 15.0. The Morgan fingerprint density at radius 2 is 2.00 bits per heavy atom. The summed E-state index contributed by atoms with van der Waals surface area (Å²) in [7, 11) is 0. The quantitative estimate of drug-likeness (QED) is 0.598. The van der Waals surface area contributed by atoms with E-state index >= 15 is 0 Å². The molecule has 0 unspecified atom stereocenters. The van der Waals surface area contributed by atoms with E-state index in [-0.39, 0.29) is 5.54 Å². The molecule has 1 heterocycles. The highest BCUT2D eigenvalue weighted by Crippen LogP contribution is 2.18. The Labute approximate surface area is 74.7 Å². The van der Waals surface area contributed by atoms with Crippen molar-refractivity contribution in [1.29, 1.82) is 0 Å². The Hall–Kier alpha value is -0.980. The summed E-state index contributed by atoms with van der Waals surface area (Å²) in [6.45, 7) is 12.5. The van der Waals surface area contributed by atoms with E-state index in [1.54, 1.807) is 0 Å². The Morgan fingerprint density at radius 3 is 2.25 bits per heavy atom. The van der Waals surface area contributed by atoms with Crippen LogP contribution < -0.4 is 0 Å². The van der Waals surface area contributed by atoms with Gasteiger partial charge in [-0.1, -0.05) is 6.58 Å². The molecule has 0 saturated heterocycles. The summed E-state index contributed by atoms with van der Waals surface area (Å²) >= 11 is 0. The highest BCUT2D eigenvalue weighted by Gasteiger charge is 2.11. The minimum atomic E-state index is 0.174. The van der Waals surface area contributed by atoms with Gasteiger partial charge in [-0.15, -0.1) is 0 Å². The van der Waals surface area contributed by atoms with Crippen molar-refractivity contribution in [2.75, 3.05) is 0 Å². The fourth-order valence-corrected chi connectivity index (χ4v) is 1.07. The molecule has 1 aromatic heterocycles. The van der Waals surface area contributed by atoms with Gasteiger partial charge in [0.1, 0.15) is 0 Å². The monoisotopic (exact) mass is 163 g/mol. The van der Waals surface area contributed by atoms with Crippen LogP contribution in [0.5, 0.6) is 0 Å². The molecule has 0 aromatic carbocycles. The van der Waals surface area contributed by atoms with Crippen molar-refractivity contribution in [3.63, 3.8) is 0 Å². The van der Waals surface area contributed by atoms with Crippen molar-refractivity contribution in [3.8, 4) is 0 Å². The maximum Gasteiger partial charge on any atom is 0.0355 e. The summed E-state index contributed by atoms with van der Waals surface area (Å²) in [6.07, 6.45) is 4.24. The molecule has 0 spiro atoms. The normalized spacial score (nSPS) is 11.7. The predicted octanol–water partition coefficient (Wildman–Crippen LogP) is 3.28. The fourth-order valence-electron chi connectivity index (χ4n) is 1.07. The predicted molar refractivity (Wildman–Crippen MR) is 54.1 cm³/mol. The molecule has 1 rings (SSSR count). The van der Waals surface area contributed by atoms with Gasteiger partial charge in [-0.05, 0) is 44.9 Å². The van der Waals surface area contributed by atoms with Gasteiger partial charge in [0.2, 0.25) is 0 Å². The van der Waals surface area contributed by atoms with Crippen LogP contribution in [0.1, 0.15) is 33.3 Å². The van der Waals surface area contributed by atoms with E-state index in [2.05, 4.69) is 50.4 Å². The summed E-state index contributed by atoms with van der Waals surface area (Å²) in [5, 5.41) is 0. The largest absolute Gasteiger partial charge is 0.348 e. The lowest BCUT2D eigenvalue weighted by Gasteiger charge is -2.20. The number of rotatable bonds is 1. The van der Waals surface area contributed by atoms with E-state index in [0.717, 1.165) is 5.57 Å². The van der Waals surface area contributed by atoms with E-state index in [0.29, 0.717) is 0 Å².